The molecule has 0 spiro atoms. The van der Waals surface area contributed by atoms with E-state index in [0.29, 0.717) is 23.8 Å². The maximum atomic E-state index is 5.58. The summed E-state index contributed by atoms with van der Waals surface area (Å²) in [5.74, 6) is 0.782. The number of nitrogens with zero attached hydrogens (tertiary/aromatic N) is 3. The Morgan fingerprint density at radius 3 is 3.00 bits per heavy atom. The molecule has 22 heavy (non-hydrogen) atoms. The molecule has 1 aromatic rings. The third-order valence-corrected chi connectivity index (χ3v) is 4.12. The summed E-state index contributed by atoms with van der Waals surface area (Å²) in [5, 5.41) is 8.63. The standard InChI is InChI=1S/C15H21N5OS/c1-10-8-20(9-11(2)17-10)15(22)19-18-12-5-7-21-13-4-3-6-16-14(12)13/h3-4,6,10-11,17H,5,7-9H2,1-2H3,(H,19,22)/b18-12-/t10-,11+. The van der Waals surface area contributed by atoms with E-state index in [0.717, 1.165) is 36.7 Å². The Balaban J connectivity index is 1.68. The fraction of sp³-hybridized carbons (Fsp3) is 0.533. The minimum Gasteiger partial charge on any atom is -0.491 e. The van der Waals surface area contributed by atoms with E-state index in [1.54, 1.807) is 6.20 Å². The van der Waals surface area contributed by atoms with Crippen molar-refractivity contribution in [3.63, 3.8) is 0 Å². The Morgan fingerprint density at radius 2 is 2.23 bits per heavy atom. The first kappa shape index (κ1) is 15.2. The number of aromatic nitrogens is 1. The van der Waals surface area contributed by atoms with Gasteiger partial charge in [0.05, 0.1) is 12.3 Å². The van der Waals surface area contributed by atoms with Crippen molar-refractivity contribution in [2.45, 2.75) is 32.4 Å². The van der Waals surface area contributed by atoms with Crippen LogP contribution in [0.2, 0.25) is 0 Å². The van der Waals surface area contributed by atoms with Crippen LogP contribution in [-0.4, -0.2) is 52.5 Å². The highest BCUT2D eigenvalue weighted by Gasteiger charge is 2.23. The minimum absolute atomic E-state index is 0.418. The van der Waals surface area contributed by atoms with E-state index in [-0.39, 0.29) is 0 Å². The summed E-state index contributed by atoms with van der Waals surface area (Å²) in [6.45, 7) is 6.72. The average molecular weight is 319 g/mol. The quantitative estimate of drug-likeness (QED) is 0.598. The summed E-state index contributed by atoms with van der Waals surface area (Å²) in [4.78, 5) is 6.51. The summed E-state index contributed by atoms with van der Waals surface area (Å²) < 4.78 is 5.58. The number of hydrazone groups is 1. The zero-order valence-corrected chi connectivity index (χ0v) is 13.7. The van der Waals surface area contributed by atoms with Crippen molar-refractivity contribution in [1.29, 1.82) is 0 Å². The van der Waals surface area contributed by atoms with E-state index < -0.39 is 0 Å². The molecule has 0 amide bonds. The van der Waals surface area contributed by atoms with Crippen LogP contribution >= 0.6 is 12.2 Å². The summed E-state index contributed by atoms with van der Waals surface area (Å²) in [7, 11) is 0. The Morgan fingerprint density at radius 1 is 1.45 bits per heavy atom. The molecule has 2 N–H and O–H groups in total. The molecule has 3 rings (SSSR count). The first-order chi connectivity index (χ1) is 10.6. The van der Waals surface area contributed by atoms with Crippen molar-refractivity contribution in [2.24, 2.45) is 5.10 Å². The van der Waals surface area contributed by atoms with Gasteiger partial charge in [-0.2, -0.15) is 5.10 Å². The number of hydrogen-bond donors (Lipinski definition) is 2. The maximum absolute atomic E-state index is 5.58. The molecule has 2 aliphatic rings. The molecular weight excluding hydrogens is 298 g/mol. The van der Waals surface area contributed by atoms with Gasteiger partial charge in [0.2, 0.25) is 0 Å². The number of ether oxygens (including phenoxy) is 1. The van der Waals surface area contributed by atoms with Crippen molar-refractivity contribution in [3.8, 4) is 5.75 Å². The third-order valence-electron chi connectivity index (χ3n) is 3.77. The summed E-state index contributed by atoms with van der Waals surface area (Å²) in [5.41, 5.74) is 4.71. The van der Waals surface area contributed by atoms with Crippen LogP contribution < -0.4 is 15.5 Å². The number of nitrogens with one attached hydrogen (secondary N) is 2. The van der Waals surface area contributed by atoms with Crippen LogP contribution in [0.25, 0.3) is 0 Å². The lowest BCUT2D eigenvalue weighted by atomic mass is 10.1. The molecule has 3 heterocycles. The van der Waals surface area contributed by atoms with Crippen molar-refractivity contribution in [1.82, 2.24) is 20.6 Å². The van der Waals surface area contributed by atoms with E-state index in [1.807, 2.05) is 12.1 Å². The molecule has 1 saturated heterocycles. The van der Waals surface area contributed by atoms with Crippen LogP contribution in [0.5, 0.6) is 5.75 Å². The predicted molar refractivity (Wildman–Crippen MR) is 90.3 cm³/mol. The fourth-order valence-electron chi connectivity index (χ4n) is 2.89. The summed E-state index contributed by atoms with van der Waals surface area (Å²) in [6.07, 6.45) is 2.48. The first-order valence-corrected chi connectivity index (χ1v) is 8.00. The van der Waals surface area contributed by atoms with Crippen molar-refractivity contribution in [3.05, 3.63) is 24.0 Å². The molecule has 0 radical (unpaired) electrons. The number of pyridine rings is 1. The van der Waals surface area contributed by atoms with Gasteiger partial charge in [0.25, 0.3) is 0 Å². The van der Waals surface area contributed by atoms with E-state index in [2.05, 4.69) is 39.6 Å². The highest BCUT2D eigenvalue weighted by atomic mass is 32.1. The van der Waals surface area contributed by atoms with Gasteiger partial charge in [-0.3, -0.25) is 10.4 Å². The molecule has 1 fully saturated rings. The molecule has 0 aromatic carbocycles. The fourth-order valence-corrected chi connectivity index (χ4v) is 3.08. The molecule has 0 saturated carbocycles. The number of piperazine rings is 1. The highest BCUT2D eigenvalue weighted by molar-refractivity contribution is 7.80. The lowest BCUT2D eigenvalue weighted by Gasteiger charge is -2.37. The van der Waals surface area contributed by atoms with Crippen molar-refractivity contribution >= 4 is 23.0 Å². The molecule has 6 nitrogen and oxygen atoms in total. The Bertz CT molecular complexity index is 581. The first-order valence-electron chi connectivity index (χ1n) is 7.59. The van der Waals surface area contributed by atoms with Crippen LogP contribution in [0.15, 0.2) is 23.4 Å². The van der Waals surface area contributed by atoms with E-state index in [1.165, 1.54) is 0 Å². The van der Waals surface area contributed by atoms with Crippen LogP contribution in [0.3, 0.4) is 0 Å². The SMILES string of the molecule is C[C@@H]1CN(C(=S)N/N=C2/CCOc3cccnc32)C[C@H](C)N1. The second-order valence-corrected chi connectivity index (χ2v) is 6.18. The minimum atomic E-state index is 0.418. The molecule has 2 atom stereocenters. The number of fused-ring (bicyclic) bond motifs is 1. The highest BCUT2D eigenvalue weighted by Crippen LogP contribution is 2.21. The van der Waals surface area contributed by atoms with Gasteiger partial charge < -0.3 is 15.0 Å². The topological polar surface area (TPSA) is 61.8 Å². The molecular formula is C15H21N5OS. The Labute approximate surface area is 135 Å². The normalized spacial score (nSPS) is 26.3. The predicted octanol–water partition coefficient (Wildman–Crippen LogP) is 1.12. The molecule has 118 valence electrons. The van der Waals surface area contributed by atoms with Crippen molar-refractivity contribution in [2.75, 3.05) is 19.7 Å². The number of rotatable bonds is 1. The third kappa shape index (κ3) is 3.36. The van der Waals surface area contributed by atoms with Crippen LogP contribution in [0.4, 0.5) is 0 Å². The van der Waals surface area contributed by atoms with Crippen LogP contribution in [0, 0.1) is 0 Å². The Hall–Kier alpha value is -1.73. The second-order valence-electron chi connectivity index (χ2n) is 5.80. The van der Waals surface area contributed by atoms with Gasteiger partial charge in [-0.1, -0.05) is 0 Å². The van der Waals surface area contributed by atoms with E-state index >= 15 is 0 Å². The van der Waals surface area contributed by atoms with Crippen molar-refractivity contribution < 1.29 is 4.74 Å². The van der Waals surface area contributed by atoms with Gasteiger partial charge in [0.15, 0.2) is 5.11 Å². The van der Waals surface area contributed by atoms with Crippen LogP contribution in [-0.2, 0) is 0 Å². The molecule has 0 bridgehead atoms. The largest absolute Gasteiger partial charge is 0.491 e. The van der Waals surface area contributed by atoms with Gasteiger partial charge in [0, 0.05) is 37.8 Å². The monoisotopic (exact) mass is 319 g/mol. The van der Waals surface area contributed by atoms with Gasteiger partial charge in [-0.05, 0) is 38.2 Å². The molecule has 1 aromatic heterocycles. The lowest BCUT2D eigenvalue weighted by Crippen LogP contribution is -2.57. The van der Waals surface area contributed by atoms with Gasteiger partial charge >= 0.3 is 0 Å². The van der Waals surface area contributed by atoms with Crippen LogP contribution in [0.1, 0.15) is 26.0 Å². The number of hydrogen-bond acceptors (Lipinski definition) is 5. The molecule has 0 unspecified atom stereocenters. The van der Waals surface area contributed by atoms with Gasteiger partial charge in [-0.15, -0.1) is 0 Å². The maximum Gasteiger partial charge on any atom is 0.189 e. The second kappa shape index (κ2) is 6.58. The molecule has 7 heteroatoms. The lowest BCUT2D eigenvalue weighted by molar-refractivity contribution is 0.253. The smallest absolute Gasteiger partial charge is 0.189 e. The van der Waals surface area contributed by atoms with Gasteiger partial charge in [0.1, 0.15) is 11.4 Å². The average Bonchev–Trinajstić information content (AvgIpc) is 2.51. The summed E-state index contributed by atoms with van der Waals surface area (Å²) >= 11 is 5.48. The zero-order valence-electron chi connectivity index (χ0n) is 12.9. The Kier molecular flexibility index (Phi) is 4.54. The zero-order chi connectivity index (χ0) is 15.5. The number of thiocarbonyl (C=S) groups is 1. The van der Waals surface area contributed by atoms with E-state index in [4.69, 9.17) is 17.0 Å². The molecule has 0 aliphatic carbocycles. The van der Waals surface area contributed by atoms with Gasteiger partial charge in [-0.25, -0.2) is 0 Å². The van der Waals surface area contributed by atoms with E-state index in [9.17, 15) is 0 Å². The molecule has 2 aliphatic heterocycles. The summed E-state index contributed by atoms with van der Waals surface area (Å²) in [6, 6.07) is 4.61.